The van der Waals surface area contributed by atoms with E-state index in [0.717, 1.165) is 22.6 Å². The van der Waals surface area contributed by atoms with Crippen molar-refractivity contribution in [2.75, 3.05) is 22.6 Å². The highest BCUT2D eigenvalue weighted by atomic mass is 16.5. The number of aromatic nitrogens is 3. The molecule has 8 nitrogen and oxygen atoms in total. The number of benzene rings is 2. The van der Waals surface area contributed by atoms with Gasteiger partial charge in [-0.05, 0) is 74.4 Å². The molecule has 1 amide bonds. The lowest BCUT2D eigenvalue weighted by Gasteiger charge is -2.11. The Balaban J connectivity index is 1.35. The standard InChI is InChI=1S/C26H26N6O2/c1-17-12-13-27-23(14-17)32-25-15-24(28-19(3)29-25)30-20-8-10-21(11-9-20)31-26(33)16-34-22-7-5-4-6-18(22)2/h4-15H,16H2,1-3H3,(H,31,33)(H2,27,28,29,30,32). The molecular formula is C26H26N6O2. The molecule has 3 N–H and O–H groups in total. The summed E-state index contributed by atoms with van der Waals surface area (Å²) >= 11 is 0. The number of ether oxygens (including phenoxy) is 1. The van der Waals surface area contributed by atoms with Gasteiger partial charge in [0.1, 0.15) is 29.0 Å². The summed E-state index contributed by atoms with van der Waals surface area (Å²) < 4.78 is 5.60. The number of rotatable bonds is 8. The van der Waals surface area contributed by atoms with E-state index in [1.165, 1.54) is 0 Å². The molecule has 0 radical (unpaired) electrons. The average molecular weight is 455 g/mol. The fourth-order valence-corrected chi connectivity index (χ4v) is 3.28. The molecule has 4 rings (SSSR count). The zero-order valence-corrected chi connectivity index (χ0v) is 19.3. The van der Waals surface area contributed by atoms with Crippen molar-refractivity contribution < 1.29 is 9.53 Å². The van der Waals surface area contributed by atoms with Crippen molar-refractivity contribution in [1.82, 2.24) is 15.0 Å². The molecule has 0 unspecified atom stereocenters. The largest absolute Gasteiger partial charge is 0.483 e. The molecule has 2 heterocycles. The highest BCUT2D eigenvalue weighted by molar-refractivity contribution is 5.92. The summed E-state index contributed by atoms with van der Waals surface area (Å²) in [5.74, 6) is 3.10. The Morgan fingerprint density at radius 1 is 0.824 bits per heavy atom. The Labute approximate surface area is 198 Å². The third-order valence-corrected chi connectivity index (χ3v) is 4.90. The van der Waals surface area contributed by atoms with E-state index in [0.29, 0.717) is 28.9 Å². The number of carbonyl (C=O) groups excluding carboxylic acids is 1. The highest BCUT2D eigenvalue weighted by Gasteiger charge is 2.07. The Kier molecular flexibility index (Phi) is 6.98. The quantitative estimate of drug-likeness (QED) is 0.332. The number of aryl methyl sites for hydroxylation is 3. The van der Waals surface area contributed by atoms with Gasteiger partial charge >= 0.3 is 0 Å². The number of nitrogens with one attached hydrogen (secondary N) is 3. The summed E-state index contributed by atoms with van der Waals surface area (Å²) in [6.07, 6.45) is 1.75. The molecule has 4 aromatic rings. The van der Waals surface area contributed by atoms with Crippen LogP contribution in [0.15, 0.2) is 72.9 Å². The second-order valence-corrected chi connectivity index (χ2v) is 7.83. The van der Waals surface area contributed by atoms with E-state index in [-0.39, 0.29) is 12.5 Å². The molecule has 0 fully saturated rings. The van der Waals surface area contributed by atoms with Crippen LogP contribution in [0.4, 0.5) is 28.8 Å². The maximum absolute atomic E-state index is 12.2. The zero-order chi connectivity index (χ0) is 23.9. The van der Waals surface area contributed by atoms with E-state index in [9.17, 15) is 4.79 Å². The maximum atomic E-state index is 12.2. The van der Waals surface area contributed by atoms with Gasteiger partial charge in [-0.15, -0.1) is 0 Å². The van der Waals surface area contributed by atoms with Crippen molar-refractivity contribution in [2.24, 2.45) is 0 Å². The van der Waals surface area contributed by atoms with E-state index in [2.05, 4.69) is 30.9 Å². The van der Waals surface area contributed by atoms with Crippen molar-refractivity contribution in [3.8, 4) is 5.75 Å². The first kappa shape index (κ1) is 22.7. The number of amides is 1. The molecule has 2 aromatic carbocycles. The van der Waals surface area contributed by atoms with Gasteiger partial charge < -0.3 is 20.7 Å². The molecule has 0 bridgehead atoms. The van der Waals surface area contributed by atoms with Gasteiger partial charge in [-0.25, -0.2) is 15.0 Å². The van der Waals surface area contributed by atoms with Crippen LogP contribution in [0.5, 0.6) is 5.75 Å². The first-order valence-corrected chi connectivity index (χ1v) is 10.9. The van der Waals surface area contributed by atoms with E-state index in [1.807, 2.05) is 87.5 Å². The summed E-state index contributed by atoms with van der Waals surface area (Å²) in [5, 5.41) is 9.31. The third kappa shape index (κ3) is 6.29. The molecule has 0 aliphatic rings. The number of carbonyl (C=O) groups is 1. The first-order chi connectivity index (χ1) is 16.4. The van der Waals surface area contributed by atoms with Crippen LogP contribution < -0.4 is 20.7 Å². The van der Waals surface area contributed by atoms with Crippen molar-refractivity contribution in [3.63, 3.8) is 0 Å². The number of anilines is 5. The van der Waals surface area contributed by atoms with Crippen LogP contribution in [0.2, 0.25) is 0 Å². The minimum absolute atomic E-state index is 0.0589. The monoisotopic (exact) mass is 454 g/mol. The van der Waals surface area contributed by atoms with Crippen LogP contribution in [0.25, 0.3) is 0 Å². The Morgan fingerprint density at radius 3 is 2.26 bits per heavy atom. The van der Waals surface area contributed by atoms with Crippen molar-refractivity contribution in [3.05, 3.63) is 89.9 Å². The SMILES string of the molecule is Cc1ccnc(Nc2cc(Nc3ccc(NC(=O)COc4ccccc4C)cc3)nc(C)n2)c1. The predicted octanol–water partition coefficient (Wildman–Crippen LogP) is 5.30. The second kappa shape index (κ2) is 10.4. The van der Waals surface area contributed by atoms with Crippen LogP contribution in [0.1, 0.15) is 17.0 Å². The molecule has 2 aromatic heterocycles. The summed E-state index contributed by atoms with van der Waals surface area (Å²) in [6, 6.07) is 20.7. The highest BCUT2D eigenvalue weighted by Crippen LogP contribution is 2.22. The third-order valence-electron chi connectivity index (χ3n) is 4.90. The van der Waals surface area contributed by atoms with Crippen LogP contribution >= 0.6 is 0 Å². The molecule has 0 aliphatic carbocycles. The van der Waals surface area contributed by atoms with Gasteiger partial charge in [-0.3, -0.25) is 4.79 Å². The minimum Gasteiger partial charge on any atom is -0.483 e. The number of hydrogen-bond acceptors (Lipinski definition) is 7. The van der Waals surface area contributed by atoms with E-state index in [4.69, 9.17) is 4.74 Å². The summed E-state index contributed by atoms with van der Waals surface area (Å²) in [4.78, 5) is 25.4. The maximum Gasteiger partial charge on any atom is 0.262 e. The van der Waals surface area contributed by atoms with E-state index < -0.39 is 0 Å². The predicted molar refractivity (Wildman–Crippen MR) is 134 cm³/mol. The minimum atomic E-state index is -0.226. The van der Waals surface area contributed by atoms with Crippen molar-refractivity contribution in [2.45, 2.75) is 20.8 Å². The van der Waals surface area contributed by atoms with Crippen LogP contribution in [0.3, 0.4) is 0 Å². The van der Waals surface area contributed by atoms with Gasteiger partial charge in [0.2, 0.25) is 0 Å². The van der Waals surface area contributed by atoms with E-state index in [1.54, 1.807) is 6.20 Å². The fourth-order valence-electron chi connectivity index (χ4n) is 3.28. The Hall–Kier alpha value is -4.46. The molecule has 172 valence electrons. The van der Waals surface area contributed by atoms with E-state index >= 15 is 0 Å². The van der Waals surface area contributed by atoms with Gasteiger partial charge in [0.15, 0.2) is 6.61 Å². The summed E-state index contributed by atoms with van der Waals surface area (Å²) in [7, 11) is 0. The molecule has 8 heteroatoms. The number of para-hydroxylation sites is 1. The number of pyridine rings is 1. The molecule has 0 saturated heterocycles. The second-order valence-electron chi connectivity index (χ2n) is 7.83. The smallest absolute Gasteiger partial charge is 0.262 e. The molecule has 0 spiro atoms. The topological polar surface area (TPSA) is 101 Å². The van der Waals surface area contributed by atoms with Gasteiger partial charge in [-0.2, -0.15) is 0 Å². The average Bonchev–Trinajstić information content (AvgIpc) is 2.79. The van der Waals surface area contributed by atoms with Gasteiger partial charge in [0, 0.05) is 23.6 Å². The van der Waals surface area contributed by atoms with Gasteiger partial charge in [0.25, 0.3) is 5.91 Å². The zero-order valence-electron chi connectivity index (χ0n) is 19.3. The van der Waals surface area contributed by atoms with Crippen molar-refractivity contribution >= 4 is 34.7 Å². The number of hydrogen-bond donors (Lipinski definition) is 3. The summed E-state index contributed by atoms with van der Waals surface area (Å²) in [5.41, 5.74) is 3.59. The molecule has 0 aliphatic heterocycles. The molecule has 34 heavy (non-hydrogen) atoms. The van der Waals surface area contributed by atoms with Crippen LogP contribution in [-0.4, -0.2) is 27.5 Å². The normalized spacial score (nSPS) is 10.4. The van der Waals surface area contributed by atoms with Crippen molar-refractivity contribution in [1.29, 1.82) is 0 Å². The lowest BCUT2D eigenvalue weighted by Crippen LogP contribution is -2.20. The lowest BCUT2D eigenvalue weighted by atomic mass is 10.2. The molecular weight excluding hydrogens is 428 g/mol. The Bertz CT molecular complexity index is 1290. The molecule has 0 saturated carbocycles. The first-order valence-electron chi connectivity index (χ1n) is 10.9. The number of nitrogens with zero attached hydrogens (tertiary/aromatic N) is 3. The Morgan fingerprint density at radius 2 is 1.53 bits per heavy atom. The lowest BCUT2D eigenvalue weighted by molar-refractivity contribution is -0.118. The van der Waals surface area contributed by atoms with Gasteiger partial charge in [-0.1, -0.05) is 18.2 Å². The van der Waals surface area contributed by atoms with Crippen LogP contribution in [-0.2, 0) is 4.79 Å². The van der Waals surface area contributed by atoms with Gasteiger partial charge in [0.05, 0.1) is 0 Å². The fraction of sp³-hybridized carbons (Fsp3) is 0.154. The summed E-state index contributed by atoms with van der Waals surface area (Å²) in [6.45, 7) is 5.72. The molecule has 0 atom stereocenters. The van der Waals surface area contributed by atoms with Crippen LogP contribution in [0, 0.1) is 20.8 Å².